The summed E-state index contributed by atoms with van der Waals surface area (Å²) in [6.45, 7) is 4.67. The summed E-state index contributed by atoms with van der Waals surface area (Å²) in [5.41, 5.74) is 7.52. The summed E-state index contributed by atoms with van der Waals surface area (Å²) in [5, 5.41) is 1.24. The molecule has 0 aromatic carbocycles. The van der Waals surface area contributed by atoms with Gasteiger partial charge in [0.1, 0.15) is 0 Å². The second-order valence-corrected chi connectivity index (χ2v) is 7.39. The third-order valence-corrected chi connectivity index (χ3v) is 6.09. The van der Waals surface area contributed by atoms with Crippen LogP contribution >= 0.6 is 11.3 Å². The first kappa shape index (κ1) is 14.3. The summed E-state index contributed by atoms with van der Waals surface area (Å²) in [7, 11) is 0. The molecule has 1 aliphatic heterocycles. The van der Waals surface area contributed by atoms with Crippen molar-refractivity contribution in [1.29, 1.82) is 0 Å². The Balaban J connectivity index is 1.70. The summed E-state index contributed by atoms with van der Waals surface area (Å²) in [4.78, 5) is 8.78. The van der Waals surface area contributed by atoms with E-state index in [1.165, 1.54) is 67.3 Å². The van der Waals surface area contributed by atoms with Crippen LogP contribution in [-0.4, -0.2) is 18.1 Å². The second kappa shape index (κ2) is 6.44. The molecule has 3 nitrogen and oxygen atoms in total. The van der Waals surface area contributed by atoms with E-state index in [2.05, 4.69) is 11.8 Å². The van der Waals surface area contributed by atoms with Crippen molar-refractivity contribution in [3.05, 3.63) is 10.6 Å². The van der Waals surface area contributed by atoms with Crippen molar-refractivity contribution in [1.82, 2.24) is 4.98 Å². The fourth-order valence-electron chi connectivity index (χ4n) is 3.63. The van der Waals surface area contributed by atoms with Gasteiger partial charge >= 0.3 is 0 Å². The highest BCUT2D eigenvalue weighted by Crippen LogP contribution is 2.37. The number of aromatic nitrogens is 1. The van der Waals surface area contributed by atoms with E-state index in [0.717, 1.165) is 18.8 Å². The monoisotopic (exact) mass is 293 g/mol. The number of fused-ring (bicyclic) bond motifs is 1. The third kappa shape index (κ3) is 3.01. The second-order valence-electron chi connectivity index (χ2n) is 6.38. The molecule has 2 heterocycles. The van der Waals surface area contributed by atoms with Crippen LogP contribution < -0.4 is 10.6 Å². The molecule has 0 bridgehead atoms. The van der Waals surface area contributed by atoms with Gasteiger partial charge in [0.15, 0.2) is 5.13 Å². The van der Waals surface area contributed by atoms with Gasteiger partial charge in [-0.3, -0.25) is 0 Å². The maximum Gasteiger partial charge on any atom is 0.185 e. The van der Waals surface area contributed by atoms with Crippen LogP contribution in [0.3, 0.4) is 0 Å². The van der Waals surface area contributed by atoms with Crippen molar-refractivity contribution in [3.8, 4) is 0 Å². The molecule has 112 valence electrons. The van der Waals surface area contributed by atoms with Gasteiger partial charge in [-0.2, -0.15) is 0 Å². The molecule has 0 radical (unpaired) electrons. The van der Waals surface area contributed by atoms with Crippen LogP contribution in [0.4, 0.5) is 5.13 Å². The lowest BCUT2D eigenvalue weighted by Gasteiger charge is -2.19. The van der Waals surface area contributed by atoms with Crippen molar-refractivity contribution in [2.75, 3.05) is 18.0 Å². The van der Waals surface area contributed by atoms with Gasteiger partial charge < -0.3 is 10.6 Å². The number of rotatable bonds is 3. The first-order valence-electron chi connectivity index (χ1n) is 8.28. The standard InChI is InChI=1S/C16H27N3S/c1-2-5-12-6-4-10-19(11-9-12)16-18-14-8-3-7-13(17)15(14)20-16/h12-13H,2-11,17H2,1H3. The van der Waals surface area contributed by atoms with E-state index in [4.69, 9.17) is 10.7 Å². The molecule has 0 spiro atoms. The van der Waals surface area contributed by atoms with Gasteiger partial charge in [0.25, 0.3) is 0 Å². The number of thiazole rings is 1. The molecule has 2 atom stereocenters. The Kier molecular flexibility index (Phi) is 4.61. The van der Waals surface area contributed by atoms with E-state index in [-0.39, 0.29) is 6.04 Å². The van der Waals surface area contributed by atoms with Gasteiger partial charge in [-0.05, 0) is 44.4 Å². The summed E-state index contributed by atoms with van der Waals surface area (Å²) in [6.07, 6.45) is 10.2. The van der Waals surface area contributed by atoms with Crippen LogP contribution in [0.2, 0.25) is 0 Å². The Morgan fingerprint density at radius 3 is 2.95 bits per heavy atom. The molecular formula is C16H27N3S. The molecule has 3 rings (SSSR count). The first-order valence-corrected chi connectivity index (χ1v) is 9.09. The zero-order valence-electron chi connectivity index (χ0n) is 12.6. The number of nitrogens with zero attached hydrogens (tertiary/aromatic N) is 2. The third-order valence-electron chi connectivity index (χ3n) is 4.80. The molecule has 2 unspecified atom stereocenters. The van der Waals surface area contributed by atoms with Gasteiger partial charge in [0.2, 0.25) is 0 Å². The highest BCUT2D eigenvalue weighted by atomic mass is 32.1. The van der Waals surface area contributed by atoms with Crippen LogP contribution in [0.15, 0.2) is 0 Å². The van der Waals surface area contributed by atoms with Gasteiger partial charge in [-0.25, -0.2) is 4.98 Å². The first-order chi connectivity index (χ1) is 9.78. The predicted molar refractivity (Wildman–Crippen MR) is 86.4 cm³/mol. The Hall–Kier alpha value is -0.610. The molecule has 2 aliphatic rings. The zero-order valence-corrected chi connectivity index (χ0v) is 13.4. The zero-order chi connectivity index (χ0) is 13.9. The highest BCUT2D eigenvalue weighted by molar-refractivity contribution is 7.15. The van der Waals surface area contributed by atoms with Crippen molar-refractivity contribution in [3.63, 3.8) is 0 Å². The van der Waals surface area contributed by atoms with Crippen molar-refractivity contribution in [2.45, 2.75) is 64.3 Å². The topological polar surface area (TPSA) is 42.2 Å². The lowest BCUT2D eigenvalue weighted by atomic mass is 9.96. The Labute approximate surface area is 126 Å². The largest absolute Gasteiger partial charge is 0.348 e. The van der Waals surface area contributed by atoms with Crippen molar-refractivity contribution >= 4 is 16.5 Å². The van der Waals surface area contributed by atoms with E-state index >= 15 is 0 Å². The molecule has 1 aromatic heterocycles. The molecule has 0 saturated carbocycles. The number of anilines is 1. The molecule has 1 fully saturated rings. The van der Waals surface area contributed by atoms with E-state index in [1.54, 1.807) is 0 Å². The van der Waals surface area contributed by atoms with Crippen LogP contribution in [0.5, 0.6) is 0 Å². The minimum atomic E-state index is 0.241. The normalized spacial score (nSPS) is 27.2. The Bertz CT molecular complexity index is 443. The molecule has 1 aromatic rings. The minimum Gasteiger partial charge on any atom is -0.348 e. The molecule has 20 heavy (non-hydrogen) atoms. The van der Waals surface area contributed by atoms with Gasteiger partial charge in [-0.15, -0.1) is 0 Å². The maximum absolute atomic E-state index is 6.23. The smallest absolute Gasteiger partial charge is 0.185 e. The van der Waals surface area contributed by atoms with Crippen LogP contribution in [0.25, 0.3) is 0 Å². The molecule has 4 heteroatoms. The average Bonchev–Trinajstić information content (AvgIpc) is 2.74. The average molecular weight is 293 g/mol. The summed E-state index contributed by atoms with van der Waals surface area (Å²) >= 11 is 1.86. The number of hydrogen-bond donors (Lipinski definition) is 1. The molecular weight excluding hydrogens is 266 g/mol. The molecule has 0 amide bonds. The van der Waals surface area contributed by atoms with Crippen molar-refractivity contribution < 1.29 is 0 Å². The predicted octanol–water partition coefficient (Wildman–Crippen LogP) is 3.89. The number of hydrogen-bond acceptors (Lipinski definition) is 4. The van der Waals surface area contributed by atoms with Crippen LogP contribution in [-0.2, 0) is 6.42 Å². The van der Waals surface area contributed by atoms with Gasteiger partial charge in [0.05, 0.1) is 5.69 Å². The maximum atomic E-state index is 6.23. The highest BCUT2D eigenvalue weighted by Gasteiger charge is 2.25. The fraction of sp³-hybridized carbons (Fsp3) is 0.812. The SMILES string of the molecule is CCCC1CCCN(c2nc3c(s2)C(N)CCC3)CC1. The lowest BCUT2D eigenvalue weighted by Crippen LogP contribution is -2.24. The van der Waals surface area contributed by atoms with Crippen molar-refractivity contribution in [2.24, 2.45) is 11.7 Å². The molecule has 1 aliphatic carbocycles. The summed E-state index contributed by atoms with van der Waals surface area (Å²) in [5.74, 6) is 0.932. The van der Waals surface area contributed by atoms with E-state index in [0.29, 0.717) is 0 Å². The van der Waals surface area contributed by atoms with E-state index in [1.807, 2.05) is 11.3 Å². The summed E-state index contributed by atoms with van der Waals surface area (Å²) in [6, 6.07) is 0.241. The van der Waals surface area contributed by atoms with Crippen LogP contribution in [0, 0.1) is 5.92 Å². The summed E-state index contributed by atoms with van der Waals surface area (Å²) < 4.78 is 0. The fourth-order valence-corrected chi connectivity index (χ4v) is 4.83. The quantitative estimate of drug-likeness (QED) is 0.919. The molecule has 2 N–H and O–H groups in total. The lowest BCUT2D eigenvalue weighted by molar-refractivity contribution is 0.435. The van der Waals surface area contributed by atoms with Gasteiger partial charge in [0, 0.05) is 24.0 Å². The number of nitrogens with two attached hydrogens (primary N) is 1. The van der Waals surface area contributed by atoms with Gasteiger partial charge in [-0.1, -0.05) is 31.1 Å². The Morgan fingerprint density at radius 1 is 1.25 bits per heavy atom. The number of aryl methyl sites for hydroxylation is 1. The van der Waals surface area contributed by atoms with Crippen LogP contribution in [0.1, 0.15) is 68.5 Å². The molecule has 1 saturated heterocycles. The van der Waals surface area contributed by atoms with E-state index in [9.17, 15) is 0 Å². The van der Waals surface area contributed by atoms with E-state index < -0.39 is 0 Å². The Morgan fingerprint density at radius 2 is 2.15 bits per heavy atom. The minimum absolute atomic E-state index is 0.241.